The number of hydrogen-bond acceptors (Lipinski definition) is 4. The van der Waals surface area contributed by atoms with E-state index in [-0.39, 0.29) is 17.6 Å². The summed E-state index contributed by atoms with van der Waals surface area (Å²) in [6, 6.07) is -0.0792. The van der Waals surface area contributed by atoms with E-state index in [1.54, 1.807) is 19.0 Å². The lowest BCUT2D eigenvalue weighted by Gasteiger charge is -2.27. The largest absolute Gasteiger partial charge is 0.327 e. The van der Waals surface area contributed by atoms with Gasteiger partial charge in [-0.15, -0.1) is 0 Å². The Morgan fingerprint density at radius 3 is 2.50 bits per heavy atom. The van der Waals surface area contributed by atoms with Crippen LogP contribution in [0.15, 0.2) is 10.1 Å². The van der Waals surface area contributed by atoms with E-state index >= 15 is 0 Å². The molecule has 0 spiro atoms. The van der Waals surface area contributed by atoms with Gasteiger partial charge in [0.2, 0.25) is 0 Å². The maximum Gasteiger partial charge on any atom is 0.327 e. The third-order valence-corrected chi connectivity index (χ3v) is 2.77. The first-order valence-electron chi connectivity index (χ1n) is 5.25. The molecule has 1 fully saturated rings. The first kappa shape index (κ1) is 10.9. The van der Waals surface area contributed by atoms with Crippen molar-refractivity contribution in [2.45, 2.75) is 26.9 Å². The second-order valence-electron chi connectivity index (χ2n) is 5.14. The maximum atomic E-state index is 11.7. The van der Waals surface area contributed by atoms with E-state index in [1.165, 1.54) is 4.90 Å². The first-order chi connectivity index (χ1) is 7.32. The van der Waals surface area contributed by atoms with Gasteiger partial charge in [0.1, 0.15) is 5.84 Å². The molecule has 6 heteroatoms. The van der Waals surface area contributed by atoms with E-state index in [0.717, 1.165) is 5.84 Å². The van der Waals surface area contributed by atoms with Gasteiger partial charge in [-0.25, -0.2) is 9.79 Å². The number of aliphatic imine (C=N–C) groups is 1. The summed E-state index contributed by atoms with van der Waals surface area (Å²) < 4.78 is 0. The van der Waals surface area contributed by atoms with Crippen LogP contribution in [0.1, 0.15) is 20.8 Å². The number of nitrogens with zero attached hydrogens (tertiary/aromatic N) is 4. The smallest absolute Gasteiger partial charge is 0.298 e. The number of amides is 2. The summed E-state index contributed by atoms with van der Waals surface area (Å²) in [6.07, 6.45) is -0.284. The summed E-state index contributed by atoms with van der Waals surface area (Å²) in [4.78, 5) is 19.3. The zero-order chi connectivity index (χ0) is 12.1. The molecule has 0 aliphatic carbocycles. The van der Waals surface area contributed by atoms with Crippen LogP contribution in [0.5, 0.6) is 0 Å². The van der Waals surface area contributed by atoms with Gasteiger partial charge in [-0.3, -0.25) is 15.2 Å². The lowest BCUT2D eigenvalue weighted by atomic mass is 9.95. The molecule has 1 atom stereocenters. The summed E-state index contributed by atoms with van der Waals surface area (Å²) in [7, 11) is 3.44. The van der Waals surface area contributed by atoms with Gasteiger partial charge in [0.25, 0.3) is 0 Å². The number of hydrogen-bond donors (Lipinski definition) is 1. The van der Waals surface area contributed by atoms with Crippen LogP contribution in [0, 0.1) is 5.41 Å². The molecule has 0 bridgehead atoms. The molecule has 0 aromatic heterocycles. The molecule has 1 N–H and O–H groups in total. The van der Waals surface area contributed by atoms with Crippen LogP contribution in [0.3, 0.4) is 0 Å². The maximum absolute atomic E-state index is 11.7. The Morgan fingerprint density at radius 1 is 1.31 bits per heavy atom. The number of carbonyl (C=O) groups is 1. The van der Waals surface area contributed by atoms with Crippen molar-refractivity contribution in [2.24, 2.45) is 15.5 Å². The molecule has 2 aliphatic heterocycles. The van der Waals surface area contributed by atoms with Crippen molar-refractivity contribution < 1.29 is 4.79 Å². The number of likely N-dealkylation sites (N-methyl/N-ethyl adjacent to an activating group) is 2. The monoisotopic (exact) mass is 223 g/mol. The van der Waals surface area contributed by atoms with E-state index < -0.39 is 0 Å². The third-order valence-electron chi connectivity index (χ3n) is 2.77. The van der Waals surface area contributed by atoms with Gasteiger partial charge in [-0.05, 0) is 0 Å². The number of amidine groups is 2. The van der Waals surface area contributed by atoms with Gasteiger partial charge in [-0.2, -0.15) is 5.10 Å². The Hall–Kier alpha value is -1.59. The van der Waals surface area contributed by atoms with Crippen molar-refractivity contribution in [1.82, 2.24) is 15.2 Å². The molecule has 6 nitrogen and oxygen atoms in total. The van der Waals surface area contributed by atoms with Gasteiger partial charge in [0, 0.05) is 19.5 Å². The van der Waals surface area contributed by atoms with Crippen molar-refractivity contribution in [2.75, 3.05) is 14.1 Å². The molecule has 0 saturated carbocycles. The van der Waals surface area contributed by atoms with Crippen LogP contribution >= 0.6 is 0 Å². The normalized spacial score (nSPS) is 25.1. The molecule has 0 radical (unpaired) electrons. The van der Waals surface area contributed by atoms with Crippen molar-refractivity contribution in [3.8, 4) is 0 Å². The Bertz CT molecular complexity index is 393. The van der Waals surface area contributed by atoms with Gasteiger partial charge >= 0.3 is 6.03 Å². The van der Waals surface area contributed by atoms with Gasteiger partial charge < -0.3 is 0 Å². The second-order valence-corrected chi connectivity index (χ2v) is 5.14. The number of hydrazone groups is 1. The highest BCUT2D eigenvalue weighted by Gasteiger charge is 2.41. The van der Waals surface area contributed by atoms with E-state index in [2.05, 4.69) is 36.3 Å². The van der Waals surface area contributed by atoms with Crippen molar-refractivity contribution in [1.29, 1.82) is 0 Å². The van der Waals surface area contributed by atoms with Crippen molar-refractivity contribution in [3.63, 3.8) is 0 Å². The molecule has 1 saturated heterocycles. The zero-order valence-electron chi connectivity index (χ0n) is 10.3. The van der Waals surface area contributed by atoms with Crippen LogP contribution < -0.4 is 5.43 Å². The molecule has 16 heavy (non-hydrogen) atoms. The SMILES string of the molecule is CN1C(=O)N(C)C2N=C(C(C)(C)C)NN=C21. The number of rotatable bonds is 0. The molecule has 2 amide bonds. The molecule has 0 aromatic carbocycles. The Balaban J connectivity index is 2.34. The molecular weight excluding hydrogens is 206 g/mol. The lowest BCUT2D eigenvalue weighted by Crippen LogP contribution is -2.43. The van der Waals surface area contributed by atoms with Crippen LogP contribution in [0.2, 0.25) is 0 Å². The molecule has 88 valence electrons. The van der Waals surface area contributed by atoms with Gasteiger partial charge in [0.15, 0.2) is 12.0 Å². The van der Waals surface area contributed by atoms with Crippen LogP contribution in [-0.4, -0.2) is 47.8 Å². The van der Waals surface area contributed by atoms with Crippen LogP contribution in [0.4, 0.5) is 4.79 Å². The number of urea groups is 1. The van der Waals surface area contributed by atoms with Gasteiger partial charge in [0.05, 0.1) is 0 Å². The van der Waals surface area contributed by atoms with Crippen LogP contribution in [-0.2, 0) is 0 Å². The summed E-state index contributed by atoms with van der Waals surface area (Å²) in [5, 5.41) is 4.22. The van der Waals surface area contributed by atoms with E-state index in [0.29, 0.717) is 5.84 Å². The van der Waals surface area contributed by atoms with Crippen molar-refractivity contribution in [3.05, 3.63) is 0 Å². The Labute approximate surface area is 95.0 Å². The van der Waals surface area contributed by atoms with E-state index in [9.17, 15) is 4.79 Å². The van der Waals surface area contributed by atoms with Gasteiger partial charge in [-0.1, -0.05) is 20.8 Å². The Morgan fingerprint density at radius 2 is 1.94 bits per heavy atom. The molecule has 1 unspecified atom stereocenters. The molecular formula is C10H17N5O. The quantitative estimate of drug-likeness (QED) is 0.656. The lowest BCUT2D eigenvalue weighted by molar-refractivity contribution is 0.202. The molecule has 2 heterocycles. The third kappa shape index (κ3) is 1.45. The summed E-state index contributed by atoms with van der Waals surface area (Å²) in [5.74, 6) is 1.46. The highest BCUT2D eigenvalue weighted by atomic mass is 16.2. The highest BCUT2D eigenvalue weighted by molar-refractivity contribution is 6.09. The minimum atomic E-state index is -0.284. The predicted molar refractivity (Wildman–Crippen MR) is 62.2 cm³/mol. The van der Waals surface area contributed by atoms with Crippen molar-refractivity contribution >= 4 is 17.7 Å². The minimum Gasteiger partial charge on any atom is -0.298 e. The predicted octanol–water partition coefficient (Wildman–Crippen LogP) is 0.671. The van der Waals surface area contributed by atoms with E-state index in [1.807, 2.05) is 0 Å². The molecule has 2 rings (SSSR count). The number of carbonyl (C=O) groups excluding carboxylic acids is 1. The fourth-order valence-electron chi connectivity index (χ4n) is 1.69. The number of fused-ring (bicyclic) bond motifs is 1. The average molecular weight is 223 g/mol. The fraction of sp³-hybridized carbons (Fsp3) is 0.700. The summed E-state index contributed by atoms with van der Waals surface area (Å²) in [6.45, 7) is 6.17. The minimum absolute atomic E-state index is 0.0792. The van der Waals surface area contributed by atoms with E-state index in [4.69, 9.17) is 0 Å². The summed E-state index contributed by atoms with van der Waals surface area (Å²) >= 11 is 0. The standard InChI is InChI=1S/C10H17N5O/c1-10(2,3)8-11-6-7(12-13-8)15(5)9(16)14(6)4/h6H,1-5H3,(H,11,13). The fourth-order valence-corrected chi connectivity index (χ4v) is 1.69. The first-order valence-corrected chi connectivity index (χ1v) is 5.25. The summed E-state index contributed by atoms with van der Waals surface area (Å²) in [5.41, 5.74) is 2.82. The van der Waals surface area contributed by atoms with Crippen LogP contribution in [0.25, 0.3) is 0 Å². The average Bonchev–Trinajstić information content (AvgIpc) is 2.43. The number of nitrogens with one attached hydrogen (secondary N) is 1. The molecule has 2 aliphatic rings. The highest BCUT2D eigenvalue weighted by Crippen LogP contribution is 2.23. The zero-order valence-corrected chi connectivity index (χ0v) is 10.3. The topological polar surface area (TPSA) is 60.3 Å². The second kappa shape index (κ2) is 3.20. The Kier molecular flexibility index (Phi) is 2.18. The molecule has 0 aromatic rings.